The molecule has 3 nitrogen and oxygen atoms in total. The maximum absolute atomic E-state index is 11.7. The summed E-state index contributed by atoms with van der Waals surface area (Å²) in [6, 6.07) is 9.95. The third-order valence-electron chi connectivity index (χ3n) is 5.11. The summed E-state index contributed by atoms with van der Waals surface area (Å²) in [6.07, 6.45) is 19.0. The Morgan fingerprint density at radius 1 is 0.667 bits per heavy atom. The van der Waals surface area contributed by atoms with Crippen molar-refractivity contribution in [2.24, 2.45) is 0 Å². The quantitative estimate of drug-likeness (QED) is 0.284. The van der Waals surface area contributed by atoms with Gasteiger partial charge < -0.3 is 10.6 Å². The molecule has 27 heavy (non-hydrogen) atoms. The number of unbranched alkanes of at least 4 members (excludes halogenated alkanes) is 13. The first-order valence-electron chi connectivity index (χ1n) is 11.4. The molecule has 2 amide bonds. The Morgan fingerprint density at radius 2 is 1.15 bits per heavy atom. The minimum atomic E-state index is -0.0615. The van der Waals surface area contributed by atoms with Gasteiger partial charge in [0.2, 0.25) is 0 Å². The SMILES string of the molecule is CCCCCCCCCCCCCCCCNC(=O)NCc1ccccc1. The van der Waals surface area contributed by atoms with E-state index in [4.69, 9.17) is 0 Å². The molecule has 1 rings (SSSR count). The van der Waals surface area contributed by atoms with Crippen molar-refractivity contribution >= 4 is 6.03 Å². The Morgan fingerprint density at radius 3 is 1.67 bits per heavy atom. The Bertz CT molecular complexity index is 447. The van der Waals surface area contributed by atoms with E-state index in [1.54, 1.807) is 0 Å². The molecule has 0 aliphatic carbocycles. The number of hydrogen-bond donors (Lipinski definition) is 2. The standard InChI is InChI=1S/C24H42N2O/c1-2-3-4-5-6-7-8-9-10-11-12-13-14-18-21-25-24(27)26-22-23-19-16-15-17-20-23/h15-17,19-20H,2-14,18,21-22H2,1H3,(H2,25,26,27). The fourth-order valence-corrected chi connectivity index (χ4v) is 3.36. The average Bonchev–Trinajstić information content (AvgIpc) is 2.70. The minimum absolute atomic E-state index is 0.0615. The minimum Gasteiger partial charge on any atom is -0.338 e. The summed E-state index contributed by atoms with van der Waals surface area (Å²) in [5.41, 5.74) is 1.13. The van der Waals surface area contributed by atoms with Crippen molar-refractivity contribution in [3.8, 4) is 0 Å². The monoisotopic (exact) mass is 374 g/mol. The summed E-state index contributed by atoms with van der Waals surface area (Å²) < 4.78 is 0. The summed E-state index contributed by atoms with van der Waals surface area (Å²) in [5.74, 6) is 0. The highest BCUT2D eigenvalue weighted by molar-refractivity contribution is 5.73. The van der Waals surface area contributed by atoms with E-state index < -0.39 is 0 Å². The first kappa shape index (κ1) is 23.5. The highest BCUT2D eigenvalue weighted by atomic mass is 16.2. The van der Waals surface area contributed by atoms with Crippen molar-refractivity contribution in [1.82, 2.24) is 10.6 Å². The second-order valence-electron chi connectivity index (χ2n) is 7.69. The Hall–Kier alpha value is -1.51. The van der Waals surface area contributed by atoms with Crippen LogP contribution in [0.2, 0.25) is 0 Å². The van der Waals surface area contributed by atoms with Crippen molar-refractivity contribution in [2.45, 2.75) is 103 Å². The molecule has 0 aliphatic rings. The molecule has 0 heterocycles. The lowest BCUT2D eigenvalue weighted by Crippen LogP contribution is -2.35. The van der Waals surface area contributed by atoms with Gasteiger partial charge in [-0.2, -0.15) is 0 Å². The van der Waals surface area contributed by atoms with Gasteiger partial charge in [0.25, 0.3) is 0 Å². The summed E-state index contributed by atoms with van der Waals surface area (Å²) in [4.78, 5) is 11.7. The highest BCUT2D eigenvalue weighted by Crippen LogP contribution is 2.12. The van der Waals surface area contributed by atoms with Gasteiger partial charge >= 0.3 is 6.03 Å². The van der Waals surface area contributed by atoms with Crippen LogP contribution in [0.5, 0.6) is 0 Å². The topological polar surface area (TPSA) is 41.1 Å². The van der Waals surface area contributed by atoms with Gasteiger partial charge in [0.15, 0.2) is 0 Å². The largest absolute Gasteiger partial charge is 0.338 e. The van der Waals surface area contributed by atoms with Gasteiger partial charge in [-0.25, -0.2) is 4.79 Å². The first-order chi connectivity index (χ1) is 13.3. The normalized spacial score (nSPS) is 10.7. The lowest BCUT2D eigenvalue weighted by molar-refractivity contribution is 0.240. The van der Waals surface area contributed by atoms with Crippen LogP contribution in [-0.4, -0.2) is 12.6 Å². The zero-order valence-electron chi connectivity index (χ0n) is 17.6. The first-order valence-corrected chi connectivity index (χ1v) is 11.4. The Labute approximate surface area is 167 Å². The van der Waals surface area contributed by atoms with Crippen molar-refractivity contribution in [1.29, 1.82) is 0 Å². The number of amides is 2. The van der Waals surface area contributed by atoms with E-state index >= 15 is 0 Å². The molecular weight excluding hydrogens is 332 g/mol. The van der Waals surface area contributed by atoms with Crippen LogP contribution < -0.4 is 10.6 Å². The molecule has 0 unspecified atom stereocenters. The molecule has 1 aromatic rings. The number of carbonyl (C=O) groups is 1. The number of carbonyl (C=O) groups excluding carboxylic acids is 1. The molecule has 0 saturated heterocycles. The molecule has 0 aromatic heterocycles. The number of urea groups is 1. The van der Waals surface area contributed by atoms with E-state index in [-0.39, 0.29) is 6.03 Å². The van der Waals surface area contributed by atoms with E-state index in [1.165, 1.54) is 83.5 Å². The molecule has 0 radical (unpaired) electrons. The van der Waals surface area contributed by atoms with Gasteiger partial charge in [-0.1, -0.05) is 121 Å². The average molecular weight is 375 g/mol. The van der Waals surface area contributed by atoms with Crippen molar-refractivity contribution < 1.29 is 4.79 Å². The van der Waals surface area contributed by atoms with Crippen LogP contribution in [0, 0.1) is 0 Å². The predicted octanol–water partition coefficient (Wildman–Crippen LogP) is 6.97. The molecule has 0 aliphatic heterocycles. The molecule has 3 heteroatoms. The summed E-state index contributed by atoms with van der Waals surface area (Å²) in [7, 11) is 0. The van der Waals surface area contributed by atoms with E-state index in [9.17, 15) is 4.79 Å². The number of benzene rings is 1. The molecular formula is C24H42N2O. The maximum Gasteiger partial charge on any atom is 0.315 e. The predicted molar refractivity (Wildman–Crippen MR) is 117 cm³/mol. The van der Waals surface area contributed by atoms with Crippen LogP contribution in [0.1, 0.15) is 102 Å². The van der Waals surface area contributed by atoms with Crippen LogP contribution in [0.3, 0.4) is 0 Å². The van der Waals surface area contributed by atoms with E-state index in [0.717, 1.165) is 18.5 Å². The number of hydrogen-bond acceptors (Lipinski definition) is 1. The summed E-state index contributed by atoms with van der Waals surface area (Å²) in [6.45, 7) is 3.64. The smallest absolute Gasteiger partial charge is 0.315 e. The third kappa shape index (κ3) is 15.3. The van der Waals surface area contributed by atoms with Gasteiger partial charge in [-0.05, 0) is 12.0 Å². The van der Waals surface area contributed by atoms with Crippen LogP contribution in [0.25, 0.3) is 0 Å². The molecule has 2 N–H and O–H groups in total. The van der Waals surface area contributed by atoms with Crippen LogP contribution >= 0.6 is 0 Å². The number of nitrogens with one attached hydrogen (secondary N) is 2. The molecule has 1 aromatic carbocycles. The molecule has 0 fully saturated rings. The third-order valence-corrected chi connectivity index (χ3v) is 5.11. The van der Waals surface area contributed by atoms with Crippen molar-refractivity contribution in [3.05, 3.63) is 35.9 Å². The molecule has 154 valence electrons. The van der Waals surface area contributed by atoms with Gasteiger partial charge in [0.1, 0.15) is 0 Å². The van der Waals surface area contributed by atoms with E-state index in [2.05, 4.69) is 17.6 Å². The van der Waals surface area contributed by atoms with Crippen LogP contribution in [0.15, 0.2) is 30.3 Å². The lowest BCUT2D eigenvalue weighted by Gasteiger charge is -2.07. The van der Waals surface area contributed by atoms with Crippen molar-refractivity contribution in [2.75, 3.05) is 6.54 Å². The van der Waals surface area contributed by atoms with Crippen LogP contribution in [0.4, 0.5) is 4.79 Å². The molecule has 0 atom stereocenters. The molecule has 0 bridgehead atoms. The molecule has 0 saturated carbocycles. The lowest BCUT2D eigenvalue weighted by atomic mass is 10.0. The van der Waals surface area contributed by atoms with E-state index in [1.807, 2.05) is 30.3 Å². The second-order valence-corrected chi connectivity index (χ2v) is 7.69. The van der Waals surface area contributed by atoms with Crippen LogP contribution in [-0.2, 0) is 6.54 Å². The Balaban J connectivity index is 1.77. The number of rotatable bonds is 17. The molecule has 0 spiro atoms. The second kappa shape index (κ2) is 17.9. The van der Waals surface area contributed by atoms with Gasteiger partial charge in [0.05, 0.1) is 0 Å². The van der Waals surface area contributed by atoms with Gasteiger partial charge in [-0.3, -0.25) is 0 Å². The zero-order valence-corrected chi connectivity index (χ0v) is 17.6. The van der Waals surface area contributed by atoms with E-state index in [0.29, 0.717) is 6.54 Å². The maximum atomic E-state index is 11.7. The van der Waals surface area contributed by atoms with Crippen molar-refractivity contribution in [3.63, 3.8) is 0 Å². The Kier molecular flexibility index (Phi) is 15.6. The van der Waals surface area contributed by atoms with Gasteiger partial charge in [-0.15, -0.1) is 0 Å². The fraction of sp³-hybridized carbons (Fsp3) is 0.708. The highest BCUT2D eigenvalue weighted by Gasteiger charge is 1.99. The summed E-state index contributed by atoms with van der Waals surface area (Å²) in [5, 5.41) is 5.84. The van der Waals surface area contributed by atoms with Gasteiger partial charge in [0, 0.05) is 13.1 Å². The summed E-state index contributed by atoms with van der Waals surface area (Å²) >= 11 is 0. The fourth-order valence-electron chi connectivity index (χ4n) is 3.36. The zero-order chi connectivity index (χ0) is 19.4.